The Hall–Kier alpha value is -2.62. The minimum Gasteiger partial charge on any atom is -0.345 e. The van der Waals surface area contributed by atoms with Crippen LogP contribution in [-0.4, -0.2) is 36.6 Å². The molecule has 2 amide bonds. The zero-order valence-corrected chi connectivity index (χ0v) is 14.9. The molecule has 144 valence electrons. The van der Waals surface area contributed by atoms with Crippen LogP contribution in [-0.2, 0) is 4.79 Å². The standard InChI is InChI=1S/C17H13F5N2O2S/c1-24(2)17(26)8-3-5-9(6-4-8)23-10(25)7-27-16-14(21)12(19)11(18)13(20)15(16)22/h3-6H,7H2,1-2H3,(H,23,25). The fourth-order valence-corrected chi connectivity index (χ4v) is 2.78. The van der Waals surface area contributed by atoms with Gasteiger partial charge in [-0.25, -0.2) is 22.0 Å². The first-order valence-electron chi connectivity index (χ1n) is 7.39. The Morgan fingerprint density at radius 1 is 0.889 bits per heavy atom. The van der Waals surface area contributed by atoms with Crippen molar-refractivity contribution in [2.24, 2.45) is 0 Å². The van der Waals surface area contributed by atoms with Gasteiger partial charge >= 0.3 is 0 Å². The van der Waals surface area contributed by atoms with Crippen LogP contribution in [0.3, 0.4) is 0 Å². The van der Waals surface area contributed by atoms with Crippen molar-refractivity contribution < 1.29 is 31.5 Å². The average molecular weight is 404 g/mol. The van der Waals surface area contributed by atoms with E-state index < -0.39 is 45.6 Å². The van der Waals surface area contributed by atoms with Crippen molar-refractivity contribution in [2.45, 2.75) is 4.90 Å². The molecule has 27 heavy (non-hydrogen) atoms. The number of hydrogen-bond acceptors (Lipinski definition) is 3. The summed E-state index contributed by atoms with van der Waals surface area (Å²) in [5.41, 5.74) is 0.682. The van der Waals surface area contributed by atoms with E-state index in [0.717, 1.165) is 0 Å². The fraction of sp³-hybridized carbons (Fsp3) is 0.176. The maximum absolute atomic E-state index is 13.6. The Morgan fingerprint density at radius 3 is 1.85 bits per heavy atom. The van der Waals surface area contributed by atoms with Gasteiger partial charge in [0, 0.05) is 25.3 Å². The summed E-state index contributed by atoms with van der Waals surface area (Å²) in [5, 5.41) is 2.40. The van der Waals surface area contributed by atoms with Crippen molar-refractivity contribution in [3.05, 3.63) is 58.9 Å². The Kier molecular flexibility index (Phi) is 6.42. The Labute approximate surface area is 155 Å². The molecule has 0 unspecified atom stereocenters. The monoisotopic (exact) mass is 404 g/mol. The zero-order valence-electron chi connectivity index (χ0n) is 14.1. The van der Waals surface area contributed by atoms with Gasteiger partial charge in [-0.15, -0.1) is 11.8 Å². The molecule has 0 heterocycles. The number of nitrogens with one attached hydrogen (secondary N) is 1. The number of hydrogen-bond donors (Lipinski definition) is 1. The molecular weight excluding hydrogens is 391 g/mol. The summed E-state index contributed by atoms with van der Waals surface area (Å²) < 4.78 is 66.3. The number of carbonyl (C=O) groups is 2. The number of halogens is 5. The molecule has 0 atom stereocenters. The molecule has 2 aromatic rings. The van der Waals surface area contributed by atoms with E-state index in [1.54, 1.807) is 14.1 Å². The van der Waals surface area contributed by atoms with Gasteiger partial charge in [-0.1, -0.05) is 0 Å². The van der Waals surface area contributed by atoms with Gasteiger partial charge in [-0.2, -0.15) is 0 Å². The second-order valence-electron chi connectivity index (χ2n) is 5.51. The van der Waals surface area contributed by atoms with Crippen LogP contribution >= 0.6 is 11.8 Å². The number of thioether (sulfide) groups is 1. The first-order valence-corrected chi connectivity index (χ1v) is 8.37. The van der Waals surface area contributed by atoms with E-state index in [0.29, 0.717) is 11.3 Å². The highest BCUT2D eigenvalue weighted by Gasteiger charge is 2.26. The molecule has 2 rings (SSSR count). The lowest BCUT2D eigenvalue weighted by Crippen LogP contribution is -2.21. The molecule has 0 aromatic heterocycles. The topological polar surface area (TPSA) is 49.4 Å². The molecule has 0 aliphatic heterocycles. The van der Waals surface area contributed by atoms with Crippen LogP contribution < -0.4 is 5.32 Å². The Morgan fingerprint density at radius 2 is 1.37 bits per heavy atom. The third kappa shape index (κ3) is 4.57. The quantitative estimate of drug-likeness (QED) is 0.357. The summed E-state index contributed by atoms with van der Waals surface area (Å²) in [4.78, 5) is 23.9. The van der Waals surface area contributed by atoms with E-state index in [-0.39, 0.29) is 17.7 Å². The molecule has 10 heteroatoms. The second kappa shape index (κ2) is 8.38. The van der Waals surface area contributed by atoms with E-state index in [1.807, 2.05) is 0 Å². The van der Waals surface area contributed by atoms with E-state index in [4.69, 9.17) is 0 Å². The number of carbonyl (C=O) groups excluding carboxylic acids is 2. The first-order chi connectivity index (χ1) is 12.6. The van der Waals surface area contributed by atoms with Gasteiger partial charge in [-0.3, -0.25) is 9.59 Å². The molecule has 0 saturated heterocycles. The smallest absolute Gasteiger partial charge is 0.253 e. The van der Waals surface area contributed by atoms with Crippen LogP contribution in [0.15, 0.2) is 29.2 Å². The van der Waals surface area contributed by atoms with Crippen LogP contribution in [0.5, 0.6) is 0 Å². The van der Waals surface area contributed by atoms with Gasteiger partial charge in [-0.05, 0) is 24.3 Å². The number of benzene rings is 2. The molecular formula is C17H13F5N2O2S. The van der Waals surface area contributed by atoms with Gasteiger partial charge in [0.1, 0.15) is 0 Å². The lowest BCUT2D eigenvalue weighted by Gasteiger charge is -2.11. The number of nitrogens with zero attached hydrogens (tertiary/aromatic N) is 1. The van der Waals surface area contributed by atoms with Crippen molar-refractivity contribution in [1.29, 1.82) is 0 Å². The summed E-state index contributed by atoms with van der Waals surface area (Å²) in [6.45, 7) is 0. The maximum Gasteiger partial charge on any atom is 0.253 e. The summed E-state index contributed by atoms with van der Waals surface area (Å²) >= 11 is 0.181. The van der Waals surface area contributed by atoms with Gasteiger partial charge in [0.2, 0.25) is 11.7 Å². The van der Waals surface area contributed by atoms with E-state index in [9.17, 15) is 31.5 Å². The molecule has 0 fully saturated rings. The Bertz CT molecular complexity index is 859. The molecule has 2 aromatic carbocycles. The zero-order chi connectivity index (χ0) is 20.3. The second-order valence-corrected chi connectivity index (χ2v) is 6.50. The van der Waals surface area contributed by atoms with E-state index in [1.165, 1.54) is 29.2 Å². The van der Waals surface area contributed by atoms with Crippen LogP contribution in [0.2, 0.25) is 0 Å². The molecule has 0 bridgehead atoms. The SMILES string of the molecule is CN(C)C(=O)c1ccc(NC(=O)CSc2c(F)c(F)c(F)c(F)c2F)cc1. The predicted octanol–water partition coefficient (Wildman–Crippen LogP) is 3.81. The van der Waals surface area contributed by atoms with Crippen LogP contribution in [0.25, 0.3) is 0 Å². The third-order valence-electron chi connectivity index (χ3n) is 3.34. The summed E-state index contributed by atoms with van der Waals surface area (Å²) in [6.07, 6.45) is 0. The third-order valence-corrected chi connectivity index (χ3v) is 4.39. The largest absolute Gasteiger partial charge is 0.345 e. The van der Waals surface area contributed by atoms with E-state index in [2.05, 4.69) is 5.32 Å². The number of rotatable bonds is 5. The highest BCUT2D eigenvalue weighted by molar-refractivity contribution is 8.00. The van der Waals surface area contributed by atoms with Crippen molar-refractivity contribution >= 4 is 29.3 Å². The average Bonchev–Trinajstić information content (AvgIpc) is 2.64. The molecule has 0 spiro atoms. The fourth-order valence-electron chi connectivity index (χ4n) is 2.00. The molecule has 0 aliphatic carbocycles. The highest BCUT2D eigenvalue weighted by atomic mass is 32.2. The molecule has 0 saturated carbocycles. The summed E-state index contributed by atoms with van der Waals surface area (Å²) in [6, 6.07) is 5.82. The Balaban J connectivity index is 2.04. The lowest BCUT2D eigenvalue weighted by atomic mass is 10.2. The normalized spacial score (nSPS) is 10.6. The van der Waals surface area contributed by atoms with Gasteiger partial charge < -0.3 is 10.2 Å². The van der Waals surface area contributed by atoms with Gasteiger partial charge in [0.15, 0.2) is 23.3 Å². The minimum absolute atomic E-state index is 0.181. The molecule has 4 nitrogen and oxygen atoms in total. The van der Waals surface area contributed by atoms with Gasteiger partial charge in [0.25, 0.3) is 5.91 Å². The van der Waals surface area contributed by atoms with Crippen LogP contribution in [0.4, 0.5) is 27.6 Å². The van der Waals surface area contributed by atoms with Crippen LogP contribution in [0.1, 0.15) is 10.4 Å². The summed E-state index contributed by atoms with van der Waals surface area (Å²) in [5.74, 6) is -11.9. The van der Waals surface area contributed by atoms with Crippen LogP contribution in [0, 0.1) is 29.1 Å². The lowest BCUT2D eigenvalue weighted by molar-refractivity contribution is -0.113. The van der Waals surface area contributed by atoms with Crippen molar-refractivity contribution in [3.63, 3.8) is 0 Å². The van der Waals surface area contributed by atoms with Crippen molar-refractivity contribution in [2.75, 3.05) is 25.2 Å². The molecule has 0 aliphatic rings. The number of amides is 2. The first kappa shape index (κ1) is 20.7. The molecule has 1 N–H and O–H groups in total. The number of anilines is 1. The minimum atomic E-state index is -2.26. The van der Waals surface area contributed by atoms with Gasteiger partial charge in [0.05, 0.1) is 10.6 Å². The summed E-state index contributed by atoms with van der Waals surface area (Å²) in [7, 11) is 3.16. The van der Waals surface area contributed by atoms with Crippen molar-refractivity contribution in [1.82, 2.24) is 4.90 Å². The van der Waals surface area contributed by atoms with Crippen molar-refractivity contribution in [3.8, 4) is 0 Å². The maximum atomic E-state index is 13.6. The van der Waals surface area contributed by atoms with E-state index >= 15 is 0 Å². The molecule has 0 radical (unpaired) electrons. The highest BCUT2D eigenvalue weighted by Crippen LogP contribution is 2.30. The predicted molar refractivity (Wildman–Crippen MR) is 90.0 cm³/mol.